The number of aromatic nitrogens is 2. The third-order valence-electron chi connectivity index (χ3n) is 7.22. The lowest BCUT2D eigenvalue weighted by Gasteiger charge is -2.31. The third kappa shape index (κ3) is 3.64. The van der Waals surface area contributed by atoms with Crippen molar-refractivity contribution in [3.05, 3.63) is 73.9 Å². The quantitative estimate of drug-likeness (QED) is 0.579. The molecule has 1 aliphatic carbocycles. The third-order valence-corrected chi connectivity index (χ3v) is 7.22. The molecule has 5 rings (SSSR count). The highest BCUT2D eigenvalue weighted by atomic mass is 16.5. The number of nitrogens with one attached hydrogen (secondary N) is 2. The van der Waals surface area contributed by atoms with Gasteiger partial charge in [0.05, 0.1) is 30.7 Å². The molecule has 1 aliphatic heterocycles. The number of ether oxygens (including phenoxy) is 2. The molecule has 2 N–H and O–H groups in total. The van der Waals surface area contributed by atoms with Crippen LogP contribution in [-0.2, 0) is 17.7 Å². The van der Waals surface area contributed by atoms with Crippen LogP contribution in [0, 0.1) is 5.92 Å². The van der Waals surface area contributed by atoms with Crippen LogP contribution >= 0.6 is 0 Å². The Bertz CT molecular complexity index is 1340. The summed E-state index contributed by atoms with van der Waals surface area (Å²) < 4.78 is 11.5. The summed E-state index contributed by atoms with van der Waals surface area (Å²) in [7, 11) is 3.00. The zero-order valence-corrected chi connectivity index (χ0v) is 18.7. The maximum atomic E-state index is 13.0. The first kappa shape index (κ1) is 21.5. The molecule has 1 saturated heterocycles. The fourth-order valence-electron chi connectivity index (χ4n) is 5.59. The van der Waals surface area contributed by atoms with Crippen molar-refractivity contribution in [3.8, 4) is 5.75 Å². The Labute approximate surface area is 190 Å². The predicted octanol–water partition coefficient (Wildman–Crippen LogP) is 2.19. The normalized spacial score (nSPS) is 21.5. The molecule has 3 aromatic rings. The van der Waals surface area contributed by atoms with Gasteiger partial charge < -0.3 is 19.8 Å². The van der Waals surface area contributed by atoms with E-state index in [1.165, 1.54) is 34.9 Å². The molecule has 33 heavy (non-hydrogen) atoms. The van der Waals surface area contributed by atoms with E-state index in [-0.39, 0.29) is 17.2 Å². The van der Waals surface area contributed by atoms with Gasteiger partial charge in [0.1, 0.15) is 5.75 Å². The largest absolute Gasteiger partial charge is 0.496 e. The van der Waals surface area contributed by atoms with Gasteiger partial charge in [-0.1, -0.05) is 12.1 Å². The number of aromatic amines is 1. The summed E-state index contributed by atoms with van der Waals surface area (Å²) in [5.41, 5.74) is 2.45. The summed E-state index contributed by atoms with van der Waals surface area (Å²) in [6.07, 6.45) is 2.71. The topological polar surface area (TPSA) is 102 Å². The second kappa shape index (κ2) is 8.51. The Morgan fingerprint density at radius 2 is 2.03 bits per heavy atom. The molecule has 2 heterocycles. The molecule has 1 unspecified atom stereocenters. The summed E-state index contributed by atoms with van der Waals surface area (Å²) in [4.78, 5) is 40.2. The summed E-state index contributed by atoms with van der Waals surface area (Å²) in [6.45, 7) is 1.21. The molecular formula is C25H27N3O5. The zero-order chi connectivity index (χ0) is 23.1. The van der Waals surface area contributed by atoms with Crippen LogP contribution in [0.1, 0.15) is 40.2 Å². The minimum Gasteiger partial charge on any atom is -0.496 e. The van der Waals surface area contributed by atoms with Gasteiger partial charge in [0.25, 0.3) is 5.56 Å². The van der Waals surface area contributed by atoms with E-state index in [0.29, 0.717) is 35.7 Å². The highest BCUT2D eigenvalue weighted by Crippen LogP contribution is 2.44. The molecule has 2 aliphatic rings. The average Bonchev–Trinajstić information content (AvgIpc) is 3.26. The van der Waals surface area contributed by atoms with E-state index in [4.69, 9.17) is 9.47 Å². The Hall–Kier alpha value is -3.39. The highest BCUT2D eigenvalue weighted by Gasteiger charge is 2.40. The first-order valence-corrected chi connectivity index (χ1v) is 11.3. The number of nitrogens with zero attached hydrogens (tertiary/aromatic N) is 1. The summed E-state index contributed by atoms with van der Waals surface area (Å²) in [6, 6.07) is 11.1. The van der Waals surface area contributed by atoms with Crippen LogP contribution in [0.15, 0.2) is 46.0 Å². The number of carbonyl (C=O) groups is 1. The number of hydrogen-bond acceptors (Lipinski definition) is 6. The first-order valence-electron chi connectivity index (χ1n) is 11.3. The molecule has 0 spiro atoms. The van der Waals surface area contributed by atoms with Gasteiger partial charge >= 0.3 is 11.7 Å². The maximum absolute atomic E-state index is 13.0. The molecule has 0 bridgehead atoms. The van der Waals surface area contributed by atoms with Crippen molar-refractivity contribution in [3.63, 3.8) is 0 Å². The van der Waals surface area contributed by atoms with Crippen molar-refractivity contribution in [2.24, 2.45) is 5.92 Å². The first-order chi connectivity index (χ1) is 16.0. The van der Waals surface area contributed by atoms with Crippen molar-refractivity contribution in [2.45, 2.75) is 37.8 Å². The van der Waals surface area contributed by atoms with Crippen molar-refractivity contribution in [1.29, 1.82) is 0 Å². The van der Waals surface area contributed by atoms with Crippen LogP contribution in [0.25, 0.3) is 10.9 Å². The van der Waals surface area contributed by atoms with Gasteiger partial charge in [0, 0.05) is 25.0 Å². The molecule has 8 nitrogen and oxygen atoms in total. The van der Waals surface area contributed by atoms with Gasteiger partial charge in [-0.05, 0) is 60.6 Å². The second-order valence-corrected chi connectivity index (χ2v) is 8.78. The lowest BCUT2D eigenvalue weighted by molar-refractivity contribution is 0.0601. The molecule has 8 heteroatoms. The van der Waals surface area contributed by atoms with E-state index >= 15 is 0 Å². The van der Waals surface area contributed by atoms with Gasteiger partial charge in [-0.2, -0.15) is 0 Å². The minimum absolute atomic E-state index is 0.234. The fourth-order valence-corrected chi connectivity index (χ4v) is 5.59. The summed E-state index contributed by atoms with van der Waals surface area (Å²) in [5.74, 6) is 1.31. The lowest BCUT2D eigenvalue weighted by Crippen LogP contribution is -2.38. The fraction of sp³-hybridized carbons (Fsp3) is 0.400. The van der Waals surface area contributed by atoms with Crippen LogP contribution in [-0.4, -0.2) is 42.3 Å². The van der Waals surface area contributed by atoms with E-state index < -0.39 is 11.7 Å². The van der Waals surface area contributed by atoms with Gasteiger partial charge in [0.2, 0.25) is 0 Å². The van der Waals surface area contributed by atoms with Crippen LogP contribution in [0.2, 0.25) is 0 Å². The van der Waals surface area contributed by atoms with Crippen molar-refractivity contribution >= 4 is 16.9 Å². The molecule has 3 atom stereocenters. The average molecular weight is 450 g/mol. The maximum Gasteiger partial charge on any atom is 0.337 e. The molecule has 172 valence electrons. The molecule has 0 amide bonds. The minimum atomic E-state index is -0.518. The number of rotatable bonds is 5. The van der Waals surface area contributed by atoms with E-state index in [9.17, 15) is 14.4 Å². The second-order valence-electron chi connectivity index (χ2n) is 8.78. The van der Waals surface area contributed by atoms with Crippen molar-refractivity contribution in [2.75, 3.05) is 20.8 Å². The number of hydrogen-bond donors (Lipinski definition) is 2. The summed E-state index contributed by atoms with van der Waals surface area (Å²) >= 11 is 0. The van der Waals surface area contributed by atoms with Crippen LogP contribution in [0.3, 0.4) is 0 Å². The zero-order valence-electron chi connectivity index (χ0n) is 18.7. The Kier molecular flexibility index (Phi) is 5.54. The molecular weight excluding hydrogens is 422 g/mol. The number of benzene rings is 2. The Morgan fingerprint density at radius 3 is 2.82 bits per heavy atom. The lowest BCUT2D eigenvalue weighted by atomic mass is 9.74. The van der Waals surface area contributed by atoms with E-state index in [0.717, 1.165) is 25.1 Å². The number of methoxy groups -OCH3 is 2. The van der Waals surface area contributed by atoms with Crippen molar-refractivity contribution < 1.29 is 14.3 Å². The van der Waals surface area contributed by atoms with E-state index in [1.807, 2.05) is 12.1 Å². The number of H-pyrrole nitrogens is 1. The van der Waals surface area contributed by atoms with E-state index in [2.05, 4.69) is 16.4 Å². The standard InChI is InChI=1S/C25H27N3O5/c1-32-22-5-3-4-15-17(22)9-8-16-19(15)13-26-20(16)10-11-28-23(29)18-7-6-14(24(30)33-2)12-21(18)27-25(28)31/h3-7,12,16,19-20,26H,8-11,13H2,1-2H3,(H,27,31)/t16-,19-,20?/m0/s1. The monoisotopic (exact) mass is 449 g/mol. The van der Waals surface area contributed by atoms with Gasteiger partial charge in [-0.15, -0.1) is 0 Å². The Balaban J connectivity index is 1.37. The summed E-state index contributed by atoms with van der Waals surface area (Å²) in [5, 5.41) is 4.00. The van der Waals surface area contributed by atoms with E-state index in [1.54, 1.807) is 13.2 Å². The molecule has 0 saturated carbocycles. The number of carbonyl (C=O) groups excluding carboxylic acids is 1. The molecule has 1 fully saturated rings. The van der Waals surface area contributed by atoms with Gasteiger partial charge in [-0.3, -0.25) is 9.36 Å². The highest BCUT2D eigenvalue weighted by molar-refractivity contribution is 5.93. The smallest absolute Gasteiger partial charge is 0.337 e. The Morgan fingerprint density at radius 1 is 1.18 bits per heavy atom. The van der Waals surface area contributed by atoms with Crippen molar-refractivity contribution in [1.82, 2.24) is 14.9 Å². The molecule has 2 aromatic carbocycles. The van der Waals surface area contributed by atoms with Crippen LogP contribution in [0.4, 0.5) is 0 Å². The van der Waals surface area contributed by atoms with Crippen LogP contribution < -0.4 is 21.3 Å². The van der Waals surface area contributed by atoms with Gasteiger partial charge in [0.15, 0.2) is 0 Å². The molecule has 1 aromatic heterocycles. The predicted molar refractivity (Wildman–Crippen MR) is 124 cm³/mol. The van der Waals surface area contributed by atoms with Gasteiger partial charge in [-0.25, -0.2) is 9.59 Å². The molecule has 0 radical (unpaired) electrons. The SMILES string of the molecule is COC(=O)c1ccc2c(=O)n(CCC3NC[C@H]4c5cccc(OC)c5CC[C@H]34)c(=O)[nH]c2c1. The number of esters is 1. The van der Waals surface area contributed by atoms with Crippen LogP contribution in [0.5, 0.6) is 5.75 Å². The number of fused-ring (bicyclic) bond motifs is 4.